The highest BCUT2D eigenvalue weighted by Gasteiger charge is 2.18. The normalized spacial score (nSPS) is 10.3. The van der Waals surface area contributed by atoms with Crippen molar-refractivity contribution in [1.29, 1.82) is 0 Å². The van der Waals surface area contributed by atoms with Crippen LogP contribution in [-0.2, 0) is 6.42 Å². The number of rotatable bonds is 6. The van der Waals surface area contributed by atoms with Gasteiger partial charge in [-0.1, -0.05) is 11.6 Å². The first-order chi connectivity index (χ1) is 9.97. The molecule has 0 radical (unpaired) electrons. The third-order valence-electron chi connectivity index (χ3n) is 2.60. The molecule has 0 amide bonds. The van der Waals surface area contributed by atoms with E-state index in [0.29, 0.717) is 17.3 Å². The molecule has 2 aromatic rings. The summed E-state index contributed by atoms with van der Waals surface area (Å²) in [6.07, 6.45) is 1.72. The van der Waals surface area contributed by atoms with Gasteiger partial charge in [0.05, 0.1) is 14.8 Å². The minimum atomic E-state index is -1.26. The van der Waals surface area contributed by atoms with Crippen LogP contribution >= 0.6 is 22.9 Å². The van der Waals surface area contributed by atoms with Crippen molar-refractivity contribution in [1.82, 2.24) is 4.98 Å². The minimum Gasteiger partial charge on any atom is -0.478 e. The zero-order valence-electron chi connectivity index (χ0n) is 10.6. The molecular weight excluding hydrogens is 318 g/mol. The van der Waals surface area contributed by atoms with Gasteiger partial charge >= 0.3 is 11.7 Å². The van der Waals surface area contributed by atoms with Crippen LogP contribution in [0.5, 0.6) is 0 Å². The summed E-state index contributed by atoms with van der Waals surface area (Å²) in [5.74, 6) is -1.21. The molecule has 0 saturated heterocycles. The summed E-state index contributed by atoms with van der Waals surface area (Å²) in [6.45, 7) is 0.428. The lowest BCUT2D eigenvalue weighted by molar-refractivity contribution is -0.384. The van der Waals surface area contributed by atoms with Crippen LogP contribution < -0.4 is 5.32 Å². The average Bonchev–Trinajstić information content (AvgIpc) is 2.84. The van der Waals surface area contributed by atoms with Gasteiger partial charge < -0.3 is 10.4 Å². The first-order valence-corrected chi connectivity index (χ1v) is 7.02. The van der Waals surface area contributed by atoms with Gasteiger partial charge in [0.2, 0.25) is 5.82 Å². The number of halogens is 1. The van der Waals surface area contributed by atoms with Gasteiger partial charge in [-0.15, -0.1) is 11.3 Å². The molecule has 0 atom stereocenters. The molecular formula is C12H10ClN3O4S. The van der Waals surface area contributed by atoms with Crippen LogP contribution in [0.2, 0.25) is 4.34 Å². The molecule has 2 rings (SSSR count). The van der Waals surface area contributed by atoms with E-state index in [4.69, 9.17) is 16.7 Å². The number of thiophene rings is 1. The van der Waals surface area contributed by atoms with Gasteiger partial charge in [0, 0.05) is 23.7 Å². The van der Waals surface area contributed by atoms with Gasteiger partial charge in [-0.05, 0) is 18.6 Å². The largest absolute Gasteiger partial charge is 0.478 e. The number of aromatic nitrogens is 1. The smallest absolute Gasteiger partial charge is 0.337 e. The van der Waals surface area contributed by atoms with E-state index in [1.54, 1.807) is 6.07 Å². The van der Waals surface area contributed by atoms with Crippen molar-refractivity contribution in [2.75, 3.05) is 11.9 Å². The van der Waals surface area contributed by atoms with Gasteiger partial charge in [-0.25, -0.2) is 9.78 Å². The van der Waals surface area contributed by atoms with Gasteiger partial charge in [-0.3, -0.25) is 10.1 Å². The van der Waals surface area contributed by atoms with E-state index in [0.717, 1.165) is 17.1 Å². The molecule has 2 aromatic heterocycles. The second-order valence-electron chi connectivity index (χ2n) is 4.04. The Balaban J connectivity index is 2.08. The maximum atomic E-state index is 11.0. The van der Waals surface area contributed by atoms with Crippen molar-refractivity contribution in [2.24, 2.45) is 0 Å². The molecule has 0 aromatic carbocycles. The summed E-state index contributed by atoms with van der Waals surface area (Å²) in [5, 5.41) is 22.6. The standard InChI is InChI=1S/C12H10ClN3O4S/c13-10-2-1-8(21-10)3-4-14-11-9(16(19)20)5-7(6-15-11)12(17)18/h1-2,5-6H,3-4H2,(H,14,15)(H,17,18). The Labute approximate surface area is 128 Å². The number of hydrogen-bond acceptors (Lipinski definition) is 6. The van der Waals surface area contributed by atoms with Crippen LogP contribution in [0.25, 0.3) is 0 Å². The number of nitro groups is 1. The van der Waals surface area contributed by atoms with E-state index >= 15 is 0 Å². The lowest BCUT2D eigenvalue weighted by atomic mass is 10.2. The molecule has 2 N–H and O–H groups in total. The van der Waals surface area contributed by atoms with Crippen LogP contribution in [0.15, 0.2) is 24.4 Å². The molecule has 0 spiro atoms. The summed E-state index contributed by atoms with van der Waals surface area (Å²) in [5.41, 5.74) is -0.587. The quantitative estimate of drug-likeness (QED) is 0.624. The van der Waals surface area contributed by atoms with Crippen LogP contribution in [0.1, 0.15) is 15.2 Å². The Morgan fingerprint density at radius 3 is 2.86 bits per heavy atom. The summed E-state index contributed by atoms with van der Waals surface area (Å²) in [6, 6.07) is 4.65. The Hall–Kier alpha value is -2.19. The van der Waals surface area contributed by atoms with Crippen molar-refractivity contribution in [3.05, 3.63) is 49.3 Å². The first kappa shape index (κ1) is 15.2. The van der Waals surface area contributed by atoms with Crippen molar-refractivity contribution in [3.8, 4) is 0 Å². The third-order valence-corrected chi connectivity index (χ3v) is 3.89. The monoisotopic (exact) mass is 327 g/mol. The topological polar surface area (TPSA) is 105 Å². The third kappa shape index (κ3) is 3.89. The number of hydrogen-bond donors (Lipinski definition) is 2. The Kier molecular flexibility index (Phi) is 4.71. The number of aromatic carboxylic acids is 1. The Morgan fingerprint density at radius 1 is 1.52 bits per heavy atom. The average molecular weight is 328 g/mol. The van der Waals surface area contributed by atoms with Crippen molar-refractivity contribution in [3.63, 3.8) is 0 Å². The number of nitrogens with zero attached hydrogens (tertiary/aromatic N) is 2. The Bertz CT molecular complexity index is 689. The van der Waals surface area contributed by atoms with Crippen molar-refractivity contribution >= 4 is 40.4 Å². The SMILES string of the molecule is O=C(O)c1cnc(NCCc2ccc(Cl)s2)c([N+](=O)[O-])c1. The molecule has 0 unspecified atom stereocenters. The molecule has 0 aliphatic heterocycles. The van der Waals surface area contributed by atoms with Gasteiger partial charge in [0.1, 0.15) is 0 Å². The van der Waals surface area contributed by atoms with Gasteiger partial charge in [0.15, 0.2) is 0 Å². The lowest BCUT2D eigenvalue weighted by Crippen LogP contribution is -2.09. The molecule has 2 heterocycles. The fourth-order valence-electron chi connectivity index (χ4n) is 1.64. The molecule has 0 aliphatic carbocycles. The summed E-state index contributed by atoms with van der Waals surface area (Å²) in [7, 11) is 0. The fraction of sp³-hybridized carbons (Fsp3) is 0.167. The van der Waals surface area contributed by atoms with E-state index in [-0.39, 0.29) is 17.1 Å². The van der Waals surface area contributed by atoms with E-state index in [9.17, 15) is 14.9 Å². The van der Waals surface area contributed by atoms with E-state index in [1.165, 1.54) is 11.3 Å². The van der Waals surface area contributed by atoms with Gasteiger partial charge in [-0.2, -0.15) is 0 Å². The van der Waals surface area contributed by atoms with E-state index in [1.807, 2.05) is 6.07 Å². The highest BCUT2D eigenvalue weighted by atomic mass is 35.5. The van der Waals surface area contributed by atoms with Crippen molar-refractivity contribution in [2.45, 2.75) is 6.42 Å². The number of carboxylic acid groups (broad SMARTS) is 1. The molecule has 7 nitrogen and oxygen atoms in total. The predicted octanol–water partition coefficient (Wildman–Crippen LogP) is 3.06. The lowest BCUT2D eigenvalue weighted by Gasteiger charge is -2.05. The Morgan fingerprint density at radius 2 is 2.29 bits per heavy atom. The number of pyridine rings is 1. The minimum absolute atomic E-state index is 0.0488. The van der Waals surface area contributed by atoms with Crippen LogP contribution in [0.4, 0.5) is 11.5 Å². The van der Waals surface area contributed by atoms with Gasteiger partial charge in [0.25, 0.3) is 0 Å². The second kappa shape index (κ2) is 6.51. The van der Waals surface area contributed by atoms with Crippen LogP contribution in [0, 0.1) is 10.1 Å². The molecule has 21 heavy (non-hydrogen) atoms. The molecule has 110 valence electrons. The van der Waals surface area contributed by atoms with Crippen LogP contribution in [-0.4, -0.2) is 27.5 Å². The zero-order valence-corrected chi connectivity index (χ0v) is 12.1. The maximum Gasteiger partial charge on any atom is 0.337 e. The molecule has 0 aliphatic rings. The molecule has 0 saturated carbocycles. The maximum absolute atomic E-state index is 11.0. The number of anilines is 1. The second-order valence-corrected chi connectivity index (χ2v) is 5.84. The highest BCUT2D eigenvalue weighted by molar-refractivity contribution is 7.16. The first-order valence-electron chi connectivity index (χ1n) is 5.83. The summed E-state index contributed by atoms with van der Waals surface area (Å²) >= 11 is 7.24. The summed E-state index contributed by atoms with van der Waals surface area (Å²) in [4.78, 5) is 25.9. The fourth-order valence-corrected chi connectivity index (χ4v) is 2.72. The summed E-state index contributed by atoms with van der Waals surface area (Å²) < 4.78 is 0.680. The van der Waals surface area contributed by atoms with Crippen molar-refractivity contribution < 1.29 is 14.8 Å². The van der Waals surface area contributed by atoms with Crippen LogP contribution in [0.3, 0.4) is 0 Å². The zero-order chi connectivity index (χ0) is 15.4. The predicted molar refractivity (Wildman–Crippen MR) is 79.4 cm³/mol. The molecule has 9 heteroatoms. The van der Waals surface area contributed by atoms with E-state index in [2.05, 4.69) is 10.3 Å². The number of nitrogens with one attached hydrogen (secondary N) is 1. The number of carboxylic acids is 1. The van der Waals surface area contributed by atoms with E-state index < -0.39 is 10.9 Å². The number of carbonyl (C=O) groups is 1. The molecule has 0 bridgehead atoms. The highest BCUT2D eigenvalue weighted by Crippen LogP contribution is 2.24. The molecule has 0 fully saturated rings.